The van der Waals surface area contributed by atoms with Crippen molar-refractivity contribution >= 4 is 52.7 Å². The number of nitrogens with zero attached hydrogens (tertiary/aromatic N) is 3. The monoisotopic (exact) mass is 879 g/mol. The SMILES string of the molecule is CC(C)C(=O)N(C)C.CC(C)C(=O)N[C@H](C)C(=O)N(C)C.CCC(=O)C(C)C.CCC(=O)CC.CCC(=O)CNC(=O)[C@H](N)CO.CCC(=O)N(C)C.CCC(=O)[C@@H](C)CO. The molecule has 3 atom stereocenters. The number of nitrogens with one attached hydrogen (secondary N) is 2. The van der Waals surface area contributed by atoms with Gasteiger partial charge in [0.1, 0.15) is 29.4 Å². The lowest BCUT2D eigenvalue weighted by molar-refractivity contribution is -0.134. The van der Waals surface area contributed by atoms with Crippen LogP contribution in [0.5, 0.6) is 0 Å². The molecule has 0 spiro atoms. The number of aliphatic hydroxyl groups is 2. The minimum atomic E-state index is -0.936. The molecule has 362 valence electrons. The molecule has 0 aromatic heterocycles. The van der Waals surface area contributed by atoms with Crippen LogP contribution in [0.4, 0.5) is 0 Å². The minimum Gasteiger partial charge on any atom is -0.396 e. The zero-order chi connectivity index (χ0) is 50.2. The molecular weight excluding hydrogens is 789 g/mol. The second-order valence-electron chi connectivity index (χ2n) is 15.2. The summed E-state index contributed by atoms with van der Waals surface area (Å²) in [7, 11) is 10.4. The van der Waals surface area contributed by atoms with Crippen LogP contribution >= 0.6 is 0 Å². The van der Waals surface area contributed by atoms with E-state index in [1.54, 1.807) is 93.6 Å². The van der Waals surface area contributed by atoms with E-state index in [1.807, 2.05) is 55.4 Å². The molecule has 0 unspecified atom stereocenters. The van der Waals surface area contributed by atoms with E-state index in [0.29, 0.717) is 50.1 Å². The lowest BCUT2D eigenvalue weighted by Crippen LogP contribution is -2.45. The molecule has 0 aromatic rings. The Labute approximate surface area is 369 Å². The van der Waals surface area contributed by atoms with E-state index in [2.05, 4.69) is 10.6 Å². The van der Waals surface area contributed by atoms with Crippen molar-refractivity contribution < 1.29 is 53.4 Å². The fourth-order valence-electron chi connectivity index (χ4n) is 3.29. The van der Waals surface area contributed by atoms with Crippen molar-refractivity contribution in [1.82, 2.24) is 25.3 Å². The van der Waals surface area contributed by atoms with Gasteiger partial charge in [0.05, 0.1) is 19.8 Å². The van der Waals surface area contributed by atoms with Crippen molar-refractivity contribution in [2.24, 2.45) is 29.4 Å². The number of rotatable bonds is 17. The van der Waals surface area contributed by atoms with Crippen molar-refractivity contribution in [3.63, 3.8) is 0 Å². The Kier molecular flexibility index (Phi) is 53.2. The summed E-state index contributed by atoms with van der Waals surface area (Å²) >= 11 is 0. The predicted molar refractivity (Wildman–Crippen MR) is 244 cm³/mol. The molecule has 17 heteroatoms. The number of hydrogen-bond donors (Lipinski definition) is 5. The summed E-state index contributed by atoms with van der Waals surface area (Å²) < 4.78 is 0. The summed E-state index contributed by atoms with van der Waals surface area (Å²) in [5.41, 5.74) is 5.17. The van der Waals surface area contributed by atoms with E-state index in [4.69, 9.17) is 15.9 Å². The number of nitrogens with two attached hydrogens (primary N) is 1. The van der Waals surface area contributed by atoms with Gasteiger partial charge in [-0.15, -0.1) is 0 Å². The van der Waals surface area contributed by atoms with E-state index in [1.165, 1.54) is 4.90 Å². The predicted octanol–water partition coefficient (Wildman–Crippen LogP) is 3.44. The molecule has 0 aromatic carbocycles. The molecule has 6 N–H and O–H groups in total. The summed E-state index contributed by atoms with van der Waals surface area (Å²) in [4.78, 5) is 101. The van der Waals surface area contributed by atoms with Gasteiger partial charge in [0.25, 0.3) is 0 Å². The molecule has 0 rings (SSSR count). The third-order valence-electron chi connectivity index (χ3n) is 7.77. The molecule has 5 amide bonds. The second kappa shape index (κ2) is 45.4. The molecule has 61 heavy (non-hydrogen) atoms. The first-order chi connectivity index (χ1) is 27.9. The molecule has 0 bridgehead atoms. The molecule has 0 radical (unpaired) electrons. The van der Waals surface area contributed by atoms with Crippen LogP contribution in [0.1, 0.15) is 135 Å². The Morgan fingerprint density at radius 1 is 0.492 bits per heavy atom. The topological polar surface area (TPSA) is 254 Å². The summed E-state index contributed by atoms with van der Waals surface area (Å²) in [6, 6.07) is -1.38. The van der Waals surface area contributed by atoms with Crippen LogP contribution in [0.15, 0.2) is 0 Å². The highest BCUT2D eigenvalue weighted by Gasteiger charge is 2.18. The van der Waals surface area contributed by atoms with Crippen LogP contribution in [0.25, 0.3) is 0 Å². The van der Waals surface area contributed by atoms with Gasteiger partial charge >= 0.3 is 0 Å². The summed E-state index contributed by atoms with van der Waals surface area (Å²) in [5, 5.41) is 21.8. The highest BCUT2D eigenvalue weighted by molar-refractivity contribution is 5.88. The zero-order valence-corrected chi connectivity index (χ0v) is 41.8. The quantitative estimate of drug-likeness (QED) is 0.141. The third kappa shape index (κ3) is 50.2. The highest BCUT2D eigenvalue weighted by atomic mass is 16.3. The first kappa shape index (κ1) is 71.4. The van der Waals surface area contributed by atoms with E-state index >= 15 is 0 Å². The lowest BCUT2D eigenvalue weighted by atomic mass is 10.1. The van der Waals surface area contributed by atoms with Crippen molar-refractivity contribution in [2.75, 3.05) is 62.0 Å². The van der Waals surface area contributed by atoms with Gasteiger partial charge in [-0.05, 0) is 6.92 Å². The van der Waals surface area contributed by atoms with Crippen molar-refractivity contribution in [2.45, 2.75) is 148 Å². The Balaban J connectivity index is -0.000000114. The van der Waals surface area contributed by atoms with E-state index < -0.39 is 24.6 Å². The van der Waals surface area contributed by atoms with Crippen LogP contribution in [-0.2, 0) is 43.2 Å². The van der Waals surface area contributed by atoms with E-state index in [-0.39, 0.29) is 72.0 Å². The van der Waals surface area contributed by atoms with Gasteiger partial charge in [-0.1, -0.05) is 90.0 Å². The van der Waals surface area contributed by atoms with Gasteiger partial charge in [-0.3, -0.25) is 43.2 Å². The fraction of sp³-hybridized carbons (Fsp3) is 0.795. The molecule has 0 saturated heterocycles. The Morgan fingerprint density at radius 3 is 1.07 bits per heavy atom. The van der Waals surface area contributed by atoms with Crippen molar-refractivity contribution in [3.05, 3.63) is 0 Å². The molecule has 17 nitrogen and oxygen atoms in total. The van der Waals surface area contributed by atoms with Crippen LogP contribution in [0.2, 0.25) is 0 Å². The normalized spacial score (nSPS) is 11.0. The highest BCUT2D eigenvalue weighted by Crippen LogP contribution is 1.98. The summed E-state index contributed by atoms with van der Waals surface area (Å²) in [5.74, 6) is 0.546. The average Bonchev–Trinajstić information content (AvgIpc) is 3.23. The van der Waals surface area contributed by atoms with Crippen LogP contribution in [0.3, 0.4) is 0 Å². The Hall–Kier alpha value is -4.09. The van der Waals surface area contributed by atoms with Crippen LogP contribution < -0.4 is 16.4 Å². The van der Waals surface area contributed by atoms with Crippen molar-refractivity contribution in [1.29, 1.82) is 0 Å². The van der Waals surface area contributed by atoms with Crippen LogP contribution in [0, 0.1) is 23.7 Å². The van der Waals surface area contributed by atoms with Gasteiger partial charge in [0.2, 0.25) is 29.5 Å². The number of carbonyl (C=O) groups excluding carboxylic acids is 9. The molecule has 0 saturated carbocycles. The molecule has 0 aliphatic rings. The number of carbonyl (C=O) groups is 9. The number of hydrogen-bond acceptors (Lipinski definition) is 12. The smallest absolute Gasteiger partial charge is 0.244 e. The maximum absolute atomic E-state index is 11.3. The van der Waals surface area contributed by atoms with Gasteiger partial charge in [0, 0.05) is 104 Å². The first-order valence-electron chi connectivity index (χ1n) is 21.2. The summed E-state index contributed by atoms with van der Waals surface area (Å²) in [6.07, 6.45) is 3.58. The second-order valence-corrected chi connectivity index (χ2v) is 15.2. The largest absolute Gasteiger partial charge is 0.396 e. The molecule has 0 aliphatic carbocycles. The Bertz CT molecular complexity index is 1180. The van der Waals surface area contributed by atoms with Gasteiger partial charge in [0.15, 0.2) is 5.78 Å². The van der Waals surface area contributed by atoms with Crippen LogP contribution in [-0.4, -0.2) is 152 Å². The van der Waals surface area contributed by atoms with Crippen molar-refractivity contribution in [3.8, 4) is 0 Å². The first-order valence-corrected chi connectivity index (χ1v) is 21.2. The fourth-order valence-corrected chi connectivity index (χ4v) is 3.29. The minimum absolute atomic E-state index is 0.0109. The number of ketones is 4. The number of amides is 5. The third-order valence-corrected chi connectivity index (χ3v) is 7.77. The van der Waals surface area contributed by atoms with E-state index in [9.17, 15) is 43.2 Å². The number of Topliss-reactive ketones (excluding diaryl/α,β-unsaturated/α-hetero) is 4. The maximum Gasteiger partial charge on any atom is 0.244 e. The lowest BCUT2D eigenvalue weighted by Gasteiger charge is -2.18. The molecule has 0 fully saturated rings. The van der Waals surface area contributed by atoms with Gasteiger partial charge < -0.3 is 41.3 Å². The molecule has 0 aliphatic heterocycles. The zero-order valence-electron chi connectivity index (χ0n) is 41.8. The average molecular weight is 879 g/mol. The molecular formula is C44H90N6O11. The Morgan fingerprint density at radius 2 is 0.902 bits per heavy atom. The van der Waals surface area contributed by atoms with Gasteiger partial charge in [-0.2, -0.15) is 0 Å². The standard InChI is InChI=1S/C9H18N2O2.C7H14N2O3.C6H13NO.C6H12O2.C6H12O.C5H11NO.C5H10O/c1-6(2)8(12)10-7(3)9(13)11(4)5;1-2-5(11)3-9-7(12)6(8)4-10;1-5(2)6(8)7(3)4;1-3-6(8)5(2)4-7;1-4-6(7)5(2)3;1-4-5(7)6(2)3;1-3-5(6)4-2/h6-7H,1-5H3,(H,10,12);6,10H,2-4,8H2,1H3,(H,9,12);5H,1-4H3;5,7H,3-4H2,1-2H3;5H,4H2,1-3H3;4H2,1-3H3;3-4H2,1-2H3/t7-;6-;;5-;;;/m11.0.../s1. The molecule has 0 heterocycles. The number of likely N-dealkylation sites (N-methyl/N-ethyl adjacent to an activating group) is 1. The van der Waals surface area contributed by atoms with Gasteiger partial charge in [-0.25, -0.2) is 0 Å². The number of aliphatic hydroxyl groups excluding tert-OH is 2. The summed E-state index contributed by atoms with van der Waals surface area (Å²) in [6.45, 7) is 25.2. The van der Waals surface area contributed by atoms with E-state index in [0.717, 1.165) is 0 Å². The maximum atomic E-state index is 11.3.